The Morgan fingerprint density at radius 2 is 2.57 bits per heavy atom. The normalized spacial score (nSPS) is 31.3. The van der Waals surface area contributed by atoms with E-state index in [0.717, 1.165) is 12.8 Å². The van der Waals surface area contributed by atoms with E-state index < -0.39 is 8.38 Å². The number of hydrogen-bond donors (Lipinski definition) is 0. The van der Waals surface area contributed by atoms with E-state index in [0.29, 0.717) is 0 Å². The monoisotopic (exact) mass is 120 g/mol. The summed E-state index contributed by atoms with van der Waals surface area (Å²) in [7, 11) is 1.26. The van der Waals surface area contributed by atoms with E-state index in [2.05, 4.69) is 0 Å². The molecule has 1 unspecified atom stereocenters. The van der Waals surface area contributed by atoms with Crippen molar-refractivity contribution in [2.75, 3.05) is 19.9 Å². The summed E-state index contributed by atoms with van der Waals surface area (Å²) in [4.78, 5) is 0. The second-order valence-electron chi connectivity index (χ2n) is 1.43. The first-order valence-electron chi connectivity index (χ1n) is 2.38. The van der Waals surface area contributed by atoms with Gasteiger partial charge in [0.25, 0.3) is 0 Å². The van der Waals surface area contributed by atoms with Crippen LogP contribution in [0.3, 0.4) is 0 Å². The molecule has 0 aliphatic carbocycles. The number of rotatable bonds is 1. The lowest BCUT2D eigenvalue weighted by Crippen LogP contribution is -1.74. The molecule has 3 heteroatoms. The standard InChI is InChI=1S/C4H9O2P/c1-5-7-4-2-3-6-7/h2-4H2,1H3. The summed E-state index contributed by atoms with van der Waals surface area (Å²) in [6.45, 7) is 0.902. The van der Waals surface area contributed by atoms with Gasteiger partial charge in [0.05, 0.1) is 6.61 Å². The summed E-state index contributed by atoms with van der Waals surface area (Å²) < 4.78 is 10.1. The molecule has 1 atom stereocenters. The Bertz CT molecular complexity index is 51.7. The van der Waals surface area contributed by atoms with Crippen LogP contribution >= 0.6 is 8.38 Å². The summed E-state index contributed by atoms with van der Waals surface area (Å²) in [6, 6.07) is 0. The summed E-state index contributed by atoms with van der Waals surface area (Å²) >= 11 is 0. The molecule has 0 N–H and O–H groups in total. The summed E-state index contributed by atoms with van der Waals surface area (Å²) in [5, 5.41) is 0. The average molecular weight is 120 g/mol. The first-order chi connectivity index (χ1) is 3.43. The average Bonchev–Trinajstić information content (AvgIpc) is 2.14. The van der Waals surface area contributed by atoms with Gasteiger partial charge in [0.15, 0.2) is 8.38 Å². The van der Waals surface area contributed by atoms with Gasteiger partial charge in [-0.3, -0.25) is 0 Å². The molecule has 0 bridgehead atoms. The smallest absolute Gasteiger partial charge is 0.170 e. The van der Waals surface area contributed by atoms with Crippen molar-refractivity contribution in [2.24, 2.45) is 0 Å². The molecular weight excluding hydrogens is 111 g/mol. The fourth-order valence-corrected chi connectivity index (χ4v) is 1.71. The second kappa shape index (κ2) is 2.61. The van der Waals surface area contributed by atoms with Crippen LogP contribution in [0.15, 0.2) is 0 Å². The van der Waals surface area contributed by atoms with Crippen LogP contribution in [0.5, 0.6) is 0 Å². The van der Waals surface area contributed by atoms with Crippen LogP contribution in [-0.4, -0.2) is 19.9 Å². The van der Waals surface area contributed by atoms with Crippen LogP contribution in [0.1, 0.15) is 6.42 Å². The molecule has 42 valence electrons. The Morgan fingerprint density at radius 1 is 1.71 bits per heavy atom. The molecule has 1 aliphatic heterocycles. The van der Waals surface area contributed by atoms with E-state index >= 15 is 0 Å². The molecule has 0 aromatic carbocycles. The minimum atomic E-state index is -0.443. The zero-order chi connectivity index (χ0) is 5.11. The van der Waals surface area contributed by atoms with Gasteiger partial charge in [-0.1, -0.05) is 0 Å². The first-order valence-corrected chi connectivity index (χ1v) is 3.74. The van der Waals surface area contributed by atoms with Gasteiger partial charge in [-0.2, -0.15) is 0 Å². The fraction of sp³-hybridized carbons (Fsp3) is 1.00. The van der Waals surface area contributed by atoms with Gasteiger partial charge in [0.1, 0.15) is 0 Å². The topological polar surface area (TPSA) is 18.5 Å². The highest BCUT2D eigenvalue weighted by molar-refractivity contribution is 7.47. The van der Waals surface area contributed by atoms with E-state index in [-0.39, 0.29) is 0 Å². The van der Waals surface area contributed by atoms with Gasteiger partial charge in [0, 0.05) is 13.3 Å². The van der Waals surface area contributed by atoms with Crippen molar-refractivity contribution in [1.29, 1.82) is 0 Å². The molecule has 1 rings (SSSR count). The molecule has 0 radical (unpaired) electrons. The van der Waals surface area contributed by atoms with Gasteiger partial charge >= 0.3 is 0 Å². The van der Waals surface area contributed by atoms with E-state index in [1.54, 1.807) is 7.11 Å². The van der Waals surface area contributed by atoms with Crippen LogP contribution in [0.4, 0.5) is 0 Å². The van der Waals surface area contributed by atoms with Crippen molar-refractivity contribution >= 4 is 8.38 Å². The predicted molar refractivity (Wildman–Crippen MR) is 29.4 cm³/mol. The second-order valence-corrected chi connectivity index (χ2v) is 3.16. The molecule has 0 aromatic heterocycles. The molecular formula is C4H9O2P. The predicted octanol–water partition coefficient (Wildman–Crippen LogP) is 1.36. The van der Waals surface area contributed by atoms with Crippen LogP contribution in [-0.2, 0) is 9.05 Å². The quantitative estimate of drug-likeness (QED) is 0.486. The van der Waals surface area contributed by atoms with Crippen molar-refractivity contribution in [3.05, 3.63) is 0 Å². The lowest BCUT2D eigenvalue weighted by Gasteiger charge is -2.01. The maximum absolute atomic E-state index is 5.14. The molecule has 1 heterocycles. The minimum Gasteiger partial charge on any atom is -0.337 e. The Kier molecular flexibility index (Phi) is 2.04. The molecule has 0 aromatic rings. The zero-order valence-corrected chi connectivity index (χ0v) is 5.28. The molecule has 1 aliphatic rings. The lowest BCUT2D eigenvalue weighted by molar-refractivity contribution is 0.317. The highest BCUT2D eigenvalue weighted by Crippen LogP contribution is 2.42. The van der Waals surface area contributed by atoms with Gasteiger partial charge < -0.3 is 9.05 Å². The van der Waals surface area contributed by atoms with Crippen LogP contribution in [0, 0.1) is 0 Å². The van der Waals surface area contributed by atoms with Crippen molar-refractivity contribution in [3.8, 4) is 0 Å². The van der Waals surface area contributed by atoms with Crippen LogP contribution < -0.4 is 0 Å². The highest BCUT2D eigenvalue weighted by Gasteiger charge is 2.13. The summed E-state index contributed by atoms with van der Waals surface area (Å²) in [5.74, 6) is 0. The largest absolute Gasteiger partial charge is 0.337 e. The third-order valence-electron chi connectivity index (χ3n) is 0.924. The molecule has 1 fully saturated rings. The van der Waals surface area contributed by atoms with Gasteiger partial charge in [-0.25, -0.2) is 0 Å². The van der Waals surface area contributed by atoms with E-state index in [4.69, 9.17) is 9.05 Å². The summed E-state index contributed by atoms with van der Waals surface area (Å²) in [5.41, 5.74) is 0. The maximum Gasteiger partial charge on any atom is 0.170 e. The molecule has 0 spiro atoms. The Morgan fingerprint density at radius 3 is 2.86 bits per heavy atom. The maximum atomic E-state index is 5.14. The zero-order valence-electron chi connectivity index (χ0n) is 4.39. The molecule has 0 amide bonds. The fourth-order valence-electron chi connectivity index (χ4n) is 0.569. The van der Waals surface area contributed by atoms with Gasteiger partial charge in [0.2, 0.25) is 0 Å². The SMILES string of the molecule is COP1CCCO1. The first kappa shape index (κ1) is 5.49. The minimum absolute atomic E-state index is 0.443. The van der Waals surface area contributed by atoms with Crippen LogP contribution in [0.25, 0.3) is 0 Å². The molecule has 7 heavy (non-hydrogen) atoms. The Balaban J connectivity index is 2.14. The molecule has 1 saturated heterocycles. The molecule has 2 nitrogen and oxygen atoms in total. The van der Waals surface area contributed by atoms with Crippen molar-refractivity contribution < 1.29 is 9.05 Å². The van der Waals surface area contributed by atoms with Gasteiger partial charge in [-0.15, -0.1) is 0 Å². The van der Waals surface area contributed by atoms with E-state index in [1.165, 1.54) is 6.42 Å². The Labute approximate surface area is 44.7 Å². The van der Waals surface area contributed by atoms with Gasteiger partial charge in [-0.05, 0) is 6.42 Å². The lowest BCUT2D eigenvalue weighted by atomic mass is 10.5. The van der Waals surface area contributed by atoms with Crippen molar-refractivity contribution in [1.82, 2.24) is 0 Å². The third kappa shape index (κ3) is 1.37. The van der Waals surface area contributed by atoms with Crippen molar-refractivity contribution in [2.45, 2.75) is 6.42 Å². The summed E-state index contributed by atoms with van der Waals surface area (Å²) in [6.07, 6.45) is 2.31. The number of hydrogen-bond acceptors (Lipinski definition) is 2. The van der Waals surface area contributed by atoms with E-state index in [9.17, 15) is 0 Å². The van der Waals surface area contributed by atoms with Crippen molar-refractivity contribution in [3.63, 3.8) is 0 Å². The highest BCUT2D eigenvalue weighted by atomic mass is 31.2. The van der Waals surface area contributed by atoms with E-state index in [1.807, 2.05) is 0 Å². The molecule has 0 saturated carbocycles. The van der Waals surface area contributed by atoms with Crippen LogP contribution in [0.2, 0.25) is 0 Å². The Hall–Kier alpha value is 0.350. The third-order valence-corrected chi connectivity index (χ3v) is 2.48.